The smallest absolute Gasteiger partial charge is 0.135 e. The van der Waals surface area contributed by atoms with E-state index in [4.69, 9.17) is 9.47 Å². The molecule has 7 heteroatoms. The Kier molecular flexibility index (Phi) is 7.01. The molecule has 0 fully saturated rings. The molecule has 27 heavy (non-hydrogen) atoms. The summed E-state index contributed by atoms with van der Waals surface area (Å²) >= 11 is 0. The number of anilines is 1. The number of benzene rings is 1. The highest BCUT2D eigenvalue weighted by Gasteiger charge is 2.22. The van der Waals surface area contributed by atoms with Gasteiger partial charge in [-0.05, 0) is 39.0 Å². The van der Waals surface area contributed by atoms with Crippen LogP contribution in [0.3, 0.4) is 0 Å². The summed E-state index contributed by atoms with van der Waals surface area (Å²) in [6.45, 7) is 10.6. The Balaban J connectivity index is 2.50. The van der Waals surface area contributed by atoms with Crippen LogP contribution in [0, 0.1) is 0 Å². The number of ether oxygens (including phenoxy) is 2. The van der Waals surface area contributed by atoms with Gasteiger partial charge in [-0.15, -0.1) is 0 Å². The van der Waals surface area contributed by atoms with Gasteiger partial charge in [-0.25, -0.2) is 4.98 Å². The molecule has 0 unspecified atom stereocenters. The number of rotatable bonds is 10. The van der Waals surface area contributed by atoms with Crippen LogP contribution < -0.4 is 10.2 Å². The van der Waals surface area contributed by atoms with Crippen molar-refractivity contribution in [3.63, 3.8) is 0 Å². The first kappa shape index (κ1) is 21.0. The zero-order chi connectivity index (χ0) is 20.0. The molecular formula is C20H29N3O4. The lowest BCUT2D eigenvalue weighted by Gasteiger charge is -2.20. The van der Waals surface area contributed by atoms with Crippen molar-refractivity contribution in [3.05, 3.63) is 36.3 Å². The van der Waals surface area contributed by atoms with Crippen molar-refractivity contribution in [1.82, 2.24) is 9.55 Å². The fourth-order valence-corrected chi connectivity index (χ4v) is 2.73. The first-order valence-corrected chi connectivity index (χ1v) is 8.96. The van der Waals surface area contributed by atoms with E-state index < -0.39 is 5.60 Å². The predicted octanol–water partition coefficient (Wildman–Crippen LogP) is 3.61. The van der Waals surface area contributed by atoms with E-state index in [0.29, 0.717) is 48.9 Å². The van der Waals surface area contributed by atoms with E-state index in [1.54, 1.807) is 32.1 Å². The molecule has 0 aliphatic heterocycles. The summed E-state index contributed by atoms with van der Waals surface area (Å²) in [6.07, 6.45) is 2.14. The third-order valence-electron chi connectivity index (χ3n) is 4.20. The van der Waals surface area contributed by atoms with E-state index in [2.05, 4.69) is 17.0 Å². The molecule has 0 spiro atoms. The standard InChI is InChI=1S/C20H29N3O4/c1-6-14-19(23(5)17(21-14)13-26-7-2)18-15(22-25)9-8-10-16(18)27-12-11-20(3,4)24/h6,8-10,22,24-25H,1,7,11-13H2,2-5H3. The normalized spacial score (nSPS) is 11.5. The fourth-order valence-electron chi connectivity index (χ4n) is 2.73. The summed E-state index contributed by atoms with van der Waals surface area (Å²) in [6, 6.07) is 5.36. The van der Waals surface area contributed by atoms with Gasteiger partial charge in [-0.3, -0.25) is 10.7 Å². The van der Waals surface area contributed by atoms with Crippen LogP contribution in [0.25, 0.3) is 17.3 Å². The third kappa shape index (κ3) is 5.09. The number of aliphatic hydroxyl groups is 1. The topological polar surface area (TPSA) is 88.8 Å². The SMILES string of the molecule is C=Cc1nc(COCC)n(C)c1-c1c(NO)cccc1OCCC(C)(C)O. The van der Waals surface area contributed by atoms with E-state index in [9.17, 15) is 10.3 Å². The van der Waals surface area contributed by atoms with Gasteiger partial charge in [0.2, 0.25) is 0 Å². The van der Waals surface area contributed by atoms with Gasteiger partial charge in [0.1, 0.15) is 18.2 Å². The van der Waals surface area contributed by atoms with Crippen molar-refractivity contribution < 1.29 is 19.8 Å². The van der Waals surface area contributed by atoms with E-state index in [0.717, 1.165) is 11.5 Å². The van der Waals surface area contributed by atoms with E-state index in [-0.39, 0.29) is 0 Å². The zero-order valence-electron chi connectivity index (χ0n) is 16.5. The average Bonchev–Trinajstić information content (AvgIpc) is 2.94. The molecule has 2 aromatic rings. The molecule has 0 saturated heterocycles. The molecular weight excluding hydrogens is 346 g/mol. The van der Waals surface area contributed by atoms with Crippen molar-refractivity contribution in [2.75, 3.05) is 18.7 Å². The second kappa shape index (κ2) is 9.03. The lowest BCUT2D eigenvalue weighted by atomic mass is 10.1. The van der Waals surface area contributed by atoms with Crippen LogP contribution >= 0.6 is 0 Å². The molecule has 0 saturated carbocycles. The van der Waals surface area contributed by atoms with Crippen molar-refractivity contribution in [3.8, 4) is 17.0 Å². The van der Waals surface area contributed by atoms with Gasteiger partial charge in [0.15, 0.2) is 0 Å². The minimum atomic E-state index is -0.823. The fraction of sp³-hybridized carbons (Fsp3) is 0.450. The minimum absolute atomic E-state index is 0.332. The molecule has 0 aliphatic carbocycles. The Morgan fingerprint density at radius 1 is 1.37 bits per heavy atom. The number of nitrogens with one attached hydrogen (secondary N) is 1. The van der Waals surface area contributed by atoms with Crippen LogP contribution in [-0.4, -0.2) is 38.7 Å². The molecule has 0 bridgehead atoms. The van der Waals surface area contributed by atoms with Crippen molar-refractivity contribution in [1.29, 1.82) is 0 Å². The highest BCUT2D eigenvalue weighted by molar-refractivity contribution is 5.85. The van der Waals surface area contributed by atoms with Gasteiger partial charge in [0.05, 0.1) is 34.8 Å². The van der Waals surface area contributed by atoms with Crippen LogP contribution in [0.5, 0.6) is 5.75 Å². The zero-order valence-corrected chi connectivity index (χ0v) is 16.5. The monoisotopic (exact) mass is 375 g/mol. The first-order valence-electron chi connectivity index (χ1n) is 8.96. The molecule has 2 rings (SSSR count). The van der Waals surface area contributed by atoms with Gasteiger partial charge in [0.25, 0.3) is 0 Å². The second-order valence-electron chi connectivity index (χ2n) is 6.86. The maximum Gasteiger partial charge on any atom is 0.135 e. The number of hydrogen-bond donors (Lipinski definition) is 3. The van der Waals surface area contributed by atoms with Crippen LogP contribution in [0.4, 0.5) is 5.69 Å². The molecule has 0 atom stereocenters. The predicted molar refractivity (Wildman–Crippen MR) is 106 cm³/mol. The van der Waals surface area contributed by atoms with Gasteiger partial charge < -0.3 is 19.1 Å². The average molecular weight is 375 g/mol. The highest BCUT2D eigenvalue weighted by Crippen LogP contribution is 2.39. The molecule has 1 aromatic heterocycles. The quantitative estimate of drug-likeness (QED) is 0.550. The maximum absolute atomic E-state index is 9.92. The first-order chi connectivity index (χ1) is 12.8. The maximum atomic E-state index is 9.92. The largest absolute Gasteiger partial charge is 0.493 e. The minimum Gasteiger partial charge on any atom is -0.493 e. The van der Waals surface area contributed by atoms with Crippen LogP contribution in [0.15, 0.2) is 24.8 Å². The summed E-state index contributed by atoms with van der Waals surface area (Å²) in [4.78, 5) is 4.59. The van der Waals surface area contributed by atoms with Crippen LogP contribution in [-0.2, 0) is 18.4 Å². The summed E-state index contributed by atoms with van der Waals surface area (Å²) in [7, 11) is 1.89. The summed E-state index contributed by atoms with van der Waals surface area (Å²) in [5.41, 5.74) is 4.00. The molecule has 1 aromatic carbocycles. The Bertz CT molecular complexity index is 778. The number of nitrogens with zero attached hydrogens (tertiary/aromatic N) is 2. The third-order valence-corrected chi connectivity index (χ3v) is 4.20. The van der Waals surface area contributed by atoms with Gasteiger partial charge in [0, 0.05) is 20.1 Å². The molecule has 0 radical (unpaired) electrons. The number of aromatic nitrogens is 2. The van der Waals surface area contributed by atoms with Crippen LogP contribution in [0.2, 0.25) is 0 Å². The Hall–Kier alpha value is -2.35. The van der Waals surface area contributed by atoms with Crippen LogP contribution in [0.1, 0.15) is 38.7 Å². The van der Waals surface area contributed by atoms with E-state index >= 15 is 0 Å². The van der Waals surface area contributed by atoms with Gasteiger partial charge >= 0.3 is 0 Å². The Morgan fingerprint density at radius 3 is 2.70 bits per heavy atom. The van der Waals surface area contributed by atoms with Crippen molar-refractivity contribution in [2.24, 2.45) is 7.05 Å². The molecule has 1 heterocycles. The second-order valence-corrected chi connectivity index (χ2v) is 6.86. The summed E-state index contributed by atoms with van der Waals surface area (Å²) < 4.78 is 13.3. The number of imidazole rings is 1. The van der Waals surface area contributed by atoms with E-state index in [1.807, 2.05) is 24.6 Å². The lowest BCUT2D eigenvalue weighted by molar-refractivity contribution is 0.0554. The molecule has 0 amide bonds. The molecule has 7 nitrogen and oxygen atoms in total. The summed E-state index contributed by atoms with van der Waals surface area (Å²) in [5, 5.41) is 19.6. The lowest BCUT2D eigenvalue weighted by Crippen LogP contribution is -2.22. The Morgan fingerprint density at radius 2 is 2.11 bits per heavy atom. The Labute approximate surface area is 160 Å². The van der Waals surface area contributed by atoms with Gasteiger partial charge in [-0.1, -0.05) is 12.6 Å². The molecule has 148 valence electrons. The highest BCUT2D eigenvalue weighted by atomic mass is 16.5. The summed E-state index contributed by atoms with van der Waals surface area (Å²) in [5.74, 6) is 1.32. The van der Waals surface area contributed by atoms with Gasteiger partial charge in [-0.2, -0.15) is 0 Å². The molecule has 0 aliphatic rings. The van der Waals surface area contributed by atoms with Crippen molar-refractivity contribution >= 4 is 11.8 Å². The number of hydrogen-bond acceptors (Lipinski definition) is 6. The van der Waals surface area contributed by atoms with E-state index in [1.165, 1.54) is 0 Å². The van der Waals surface area contributed by atoms with Crippen molar-refractivity contribution in [2.45, 2.75) is 39.4 Å². The molecule has 3 N–H and O–H groups in total.